The summed E-state index contributed by atoms with van der Waals surface area (Å²) in [6.07, 6.45) is 2.81. The van der Waals surface area contributed by atoms with E-state index in [-0.39, 0.29) is 36.1 Å². The predicted octanol–water partition coefficient (Wildman–Crippen LogP) is 1.52. The zero-order valence-corrected chi connectivity index (χ0v) is 13.9. The molecule has 132 valence electrons. The Morgan fingerprint density at radius 2 is 2.32 bits per heavy atom. The number of nitrogens with zero attached hydrogens (tertiary/aromatic N) is 3. The summed E-state index contributed by atoms with van der Waals surface area (Å²) in [5, 5.41) is 21.1. The molecule has 2 N–H and O–H groups in total. The molecule has 1 saturated heterocycles. The third-order valence-corrected chi connectivity index (χ3v) is 4.26. The lowest BCUT2D eigenvalue weighted by molar-refractivity contribution is -0.126. The first-order valence-corrected chi connectivity index (χ1v) is 8.23. The van der Waals surface area contributed by atoms with E-state index in [2.05, 4.69) is 10.3 Å². The van der Waals surface area contributed by atoms with Crippen LogP contribution < -0.4 is 10.2 Å². The number of anilines is 1. The molecule has 3 rings (SSSR count). The van der Waals surface area contributed by atoms with Crippen LogP contribution in [-0.2, 0) is 4.79 Å². The molecule has 0 spiro atoms. The van der Waals surface area contributed by atoms with Gasteiger partial charge in [-0.05, 0) is 31.9 Å². The van der Waals surface area contributed by atoms with Crippen molar-refractivity contribution in [1.29, 1.82) is 5.26 Å². The van der Waals surface area contributed by atoms with Crippen LogP contribution in [-0.4, -0.2) is 41.7 Å². The van der Waals surface area contributed by atoms with E-state index < -0.39 is 0 Å². The molecule has 25 heavy (non-hydrogen) atoms. The highest BCUT2D eigenvalue weighted by Crippen LogP contribution is 2.31. The summed E-state index contributed by atoms with van der Waals surface area (Å²) in [7, 11) is 0. The zero-order valence-electron chi connectivity index (χ0n) is 13.9. The number of aromatic nitrogens is 1. The minimum absolute atomic E-state index is 0.0458. The van der Waals surface area contributed by atoms with Gasteiger partial charge in [0.25, 0.3) is 5.89 Å². The highest BCUT2D eigenvalue weighted by atomic mass is 16.4. The molecule has 1 atom stereocenters. The van der Waals surface area contributed by atoms with Gasteiger partial charge in [-0.1, -0.05) is 0 Å². The summed E-state index contributed by atoms with van der Waals surface area (Å²) in [6.45, 7) is 2.86. The van der Waals surface area contributed by atoms with Gasteiger partial charge in [0, 0.05) is 25.0 Å². The van der Waals surface area contributed by atoms with E-state index in [1.807, 2.05) is 11.0 Å². The average molecular weight is 344 g/mol. The van der Waals surface area contributed by atoms with Gasteiger partial charge >= 0.3 is 0 Å². The summed E-state index contributed by atoms with van der Waals surface area (Å²) in [6, 6.07) is 5.24. The fraction of sp³-hybridized carbons (Fsp3) is 0.471. The van der Waals surface area contributed by atoms with Gasteiger partial charge in [0.2, 0.25) is 17.5 Å². The summed E-state index contributed by atoms with van der Waals surface area (Å²) < 4.78 is 11.0. The quantitative estimate of drug-likeness (QED) is 0.845. The molecule has 0 aliphatic carbocycles. The van der Waals surface area contributed by atoms with Crippen LogP contribution in [0.5, 0.6) is 0 Å². The third kappa shape index (κ3) is 3.67. The Morgan fingerprint density at radius 3 is 2.92 bits per heavy atom. The SMILES string of the molecule is CC(CO)NC(=O)C1CCN(c2oc(-c3ccco3)nc2C#N)CC1. The first-order valence-electron chi connectivity index (χ1n) is 8.23. The molecule has 1 aliphatic rings. The van der Waals surface area contributed by atoms with Crippen molar-refractivity contribution in [3.63, 3.8) is 0 Å². The van der Waals surface area contributed by atoms with Crippen molar-refractivity contribution in [1.82, 2.24) is 10.3 Å². The topological polar surface area (TPSA) is 116 Å². The van der Waals surface area contributed by atoms with Crippen molar-refractivity contribution < 1.29 is 18.7 Å². The number of aliphatic hydroxyl groups is 1. The Hall–Kier alpha value is -2.79. The smallest absolute Gasteiger partial charge is 0.266 e. The van der Waals surface area contributed by atoms with Crippen LogP contribution in [0, 0.1) is 17.2 Å². The average Bonchev–Trinajstić information content (AvgIpc) is 3.30. The van der Waals surface area contributed by atoms with Crippen molar-refractivity contribution >= 4 is 11.8 Å². The monoisotopic (exact) mass is 344 g/mol. The van der Waals surface area contributed by atoms with Gasteiger partial charge in [-0.15, -0.1) is 0 Å². The molecule has 1 aliphatic heterocycles. The van der Waals surface area contributed by atoms with Crippen molar-refractivity contribution in [3.05, 3.63) is 24.1 Å². The molecule has 2 aromatic rings. The molecular weight excluding hydrogens is 324 g/mol. The van der Waals surface area contributed by atoms with Crippen molar-refractivity contribution in [2.24, 2.45) is 5.92 Å². The van der Waals surface area contributed by atoms with Crippen LogP contribution >= 0.6 is 0 Å². The molecule has 8 nitrogen and oxygen atoms in total. The maximum atomic E-state index is 12.2. The van der Waals surface area contributed by atoms with Gasteiger partial charge in [-0.3, -0.25) is 4.79 Å². The highest BCUT2D eigenvalue weighted by Gasteiger charge is 2.29. The second-order valence-electron chi connectivity index (χ2n) is 6.12. The van der Waals surface area contributed by atoms with Crippen LogP contribution in [0.2, 0.25) is 0 Å². The number of oxazole rings is 1. The van der Waals surface area contributed by atoms with Gasteiger partial charge in [-0.2, -0.15) is 10.2 Å². The van der Waals surface area contributed by atoms with Gasteiger partial charge in [-0.25, -0.2) is 0 Å². The number of piperidine rings is 1. The lowest BCUT2D eigenvalue weighted by Gasteiger charge is -2.31. The first kappa shape index (κ1) is 17.0. The summed E-state index contributed by atoms with van der Waals surface area (Å²) >= 11 is 0. The van der Waals surface area contributed by atoms with E-state index in [1.165, 1.54) is 6.26 Å². The molecule has 1 unspecified atom stereocenters. The summed E-state index contributed by atoms with van der Waals surface area (Å²) in [5.74, 6) is 0.999. The Balaban J connectivity index is 1.67. The molecular formula is C17H20N4O4. The van der Waals surface area contributed by atoms with Gasteiger partial charge in [0.15, 0.2) is 5.76 Å². The predicted molar refractivity (Wildman–Crippen MR) is 88.5 cm³/mol. The molecule has 0 bridgehead atoms. The number of carbonyl (C=O) groups excluding carboxylic acids is 1. The fourth-order valence-electron chi connectivity index (χ4n) is 2.86. The number of hydrogen-bond donors (Lipinski definition) is 2. The molecule has 1 fully saturated rings. The number of aliphatic hydroxyl groups excluding tert-OH is 1. The van der Waals surface area contributed by atoms with E-state index in [9.17, 15) is 10.1 Å². The molecule has 2 aromatic heterocycles. The van der Waals surface area contributed by atoms with E-state index in [0.29, 0.717) is 37.6 Å². The van der Waals surface area contributed by atoms with Crippen molar-refractivity contribution in [2.75, 3.05) is 24.6 Å². The second kappa shape index (κ2) is 7.40. The molecule has 0 radical (unpaired) electrons. The molecule has 0 saturated carbocycles. The molecule has 3 heterocycles. The summed E-state index contributed by atoms with van der Waals surface area (Å²) in [4.78, 5) is 18.3. The van der Waals surface area contributed by atoms with Gasteiger partial charge in [0.05, 0.1) is 12.9 Å². The van der Waals surface area contributed by atoms with Crippen LogP contribution in [0.1, 0.15) is 25.5 Å². The highest BCUT2D eigenvalue weighted by molar-refractivity contribution is 5.79. The Morgan fingerprint density at radius 1 is 1.56 bits per heavy atom. The molecule has 0 aromatic carbocycles. The standard InChI is InChI=1S/C17H20N4O4/c1-11(10-22)19-15(23)12-4-6-21(7-5-12)17-13(9-18)20-16(25-17)14-3-2-8-24-14/h2-3,8,11-12,22H,4-7,10H2,1H3,(H,19,23). The Kier molecular flexibility index (Phi) is 5.05. The second-order valence-corrected chi connectivity index (χ2v) is 6.12. The van der Waals surface area contributed by atoms with Crippen LogP contribution in [0.25, 0.3) is 11.7 Å². The normalized spacial score (nSPS) is 16.4. The molecule has 8 heteroatoms. The van der Waals surface area contributed by atoms with Crippen LogP contribution in [0.15, 0.2) is 27.2 Å². The largest absolute Gasteiger partial charge is 0.459 e. The minimum Gasteiger partial charge on any atom is -0.459 e. The van der Waals surface area contributed by atoms with Gasteiger partial charge < -0.3 is 24.2 Å². The van der Waals surface area contributed by atoms with E-state index in [0.717, 1.165) is 0 Å². The number of nitrogens with one attached hydrogen (secondary N) is 1. The fourth-order valence-corrected chi connectivity index (χ4v) is 2.86. The Bertz CT molecular complexity index is 754. The summed E-state index contributed by atoms with van der Waals surface area (Å²) in [5.41, 5.74) is 0.211. The number of rotatable bonds is 5. The van der Waals surface area contributed by atoms with Crippen molar-refractivity contribution in [2.45, 2.75) is 25.8 Å². The number of carbonyl (C=O) groups is 1. The van der Waals surface area contributed by atoms with Gasteiger partial charge in [0.1, 0.15) is 6.07 Å². The Labute approximate surface area is 145 Å². The number of hydrogen-bond acceptors (Lipinski definition) is 7. The zero-order chi connectivity index (χ0) is 17.8. The van der Waals surface area contributed by atoms with E-state index in [1.54, 1.807) is 19.1 Å². The number of furan rings is 1. The maximum Gasteiger partial charge on any atom is 0.266 e. The van der Waals surface area contributed by atoms with Crippen LogP contribution in [0.3, 0.4) is 0 Å². The van der Waals surface area contributed by atoms with E-state index >= 15 is 0 Å². The number of nitriles is 1. The third-order valence-electron chi connectivity index (χ3n) is 4.26. The first-order chi connectivity index (χ1) is 12.1. The lowest BCUT2D eigenvalue weighted by Crippen LogP contribution is -2.44. The van der Waals surface area contributed by atoms with E-state index in [4.69, 9.17) is 13.9 Å². The minimum atomic E-state index is -0.249. The maximum absolute atomic E-state index is 12.2. The number of amides is 1. The van der Waals surface area contributed by atoms with Crippen molar-refractivity contribution in [3.8, 4) is 17.7 Å². The van der Waals surface area contributed by atoms with Crippen LogP contribution in [0.4, 0.5) is 5.88 Å². The lowest BCUT2D eigenvalue weighted by atomic mass is 9.95. The molecule has 1 amide bonds.